The summed E-state index contributed by atoms with van der Waals surface area (Å²) in [6.45, 7) is 3.81. The fourth-order valence-corrected chi connectivity index (χ4v) is 4.81. The number of hydrogen-bond acceptors (Lipinski definition) is 4. The Morgan fingerprint density at radius 1 is 0.938 bits per heavy atom. The number of nitrogens with two attached hydrogens (primary N) is 1. The molecule has 0 aromatic heterocycles. The first-order valence-corrected chi connectivity index (χ1v) is 10.8. The van der Waals surface area contributed by atoms with E-state index in [0.29, 0.717) is 0 Å². The molecular formula is C25H35ClN4O2. The number of likely N-dealkylation sites (tertiary alicyclic amines) is 1. The van der Waals surface area contributed by atoms with E-state index in [-0.39, 0.29) is 23.8 Å². The SMILES string of the molecule is CN(C)C1(C(N)=O)CCN(CCCN2c3ccccc3C=Cc3ccccc32)CC1.Cl.O. The lowest BCUT2D eigenvalue weighted by atomic mass is 9.85. The lowest BCUT2D eigenvalue weighted by Crippen LogP contribution is -2.60. The van der Waals surface area contributed by atoms with Crippen LogP contribution in [0, 0.1) is 0 Å². The molecule has 2 aliphatic heterocycles. The van der Waals surface area contributed by atoms with Crippen LogP contribution >= 0.6 is 12.4 Å². The van der Waals surface area contributed by atoms with E-state index in [1.165, 1.54) is 22.5 Å². The van der Waals surface area contributed by atoms with Gasteiger partial charge in [0.25, 0.3) is 0 Å². The van der Waals surface area contributed by atoms with Gasteiger partial charge in [-0.05, 0) is 63.2 Å². The standard InChI is InChI=1S/C25H32N4O.ClH.H2O/c1-27(2)25(24(26)30)14-18-28(19-15-25)16-7-17-29-22-10-5-3-8-20(22)12-13-21-9-4-6-11-23(21)29;;/h3-6,8-13H,7,14-19H2,1-2H3,(H2,26,30);1H;1H2. The molecule has 1 fully saturated rings. The fourth-order valence-electron chi connectivity index (χ4n) is 4.81. The number of benzene rings is 2. The van der Waals surface area contributed by atoms with Gasteiger partial charge in [0.05, 0.1) is 0 Å². The number of halogens is 1. The van der Waals surface area contributed by atoms with Gasteiger partial charge in [-0.3, -0.25) is 9.69 Å². The van der Waals surface area contributed by atoms with Crippen molar-refractivity contribution in [3.05, 3.63) is 59.7 Å². The van der Waals surface area contributed by atoms with E-state index in [2.05, 4.69) is 70.5 Å². The van der Waals surface area contributed by atoms with E-state index >= 15 is 0 Å². The Kier molecular flexibility index (Phi) is 8.87. The molecule has 0 bridgehead atoms. The minimum absolute atomic E-state index is 0. The molecule has 0 spiro atoms. The quantitative estimate of drug-likeness (QED) is 0.720. The number of nitrogens with zero attached hydrogens (tertiary/aromatic N) is 3. The largest absolute Gasteiger partial charge is 0.412 e. The molecule has 7 heteroatoms. The average molecular weight is 459 g/mol. The number of carbonyl (C=O) groups is 1. The molecule has 1 amide bonds. The Hall–Kier alpha value is -2.38. The van der Waals surface area contributed by atoms with Crippen LogP contribution in [0.3, 0.4) is 0 Å². The Labute approximate surface area is 197 Å². The van der Waals surface area contributed by atoms with Gasteiger partial charge in [0.1, 0.15) is 5.54 Å². The molecule has 32 heavy (non-hydrogen) atoms. The minimum atomic E-state index is -0.495. The van der Waals surface area contributed by atoms with Gasteiger partial charge in [0, 0.05) is 31.0 Å². The first-order chi connectivity index (χ1) is 14.5. The van der Waals surface area contributed by atoms with Crippen LogP contribution < -0.4 is 10.6 Å². The number of hydrogen-bond donors (Lipinski definition) is 1. The van der Waals surface area contributed by atoms with Crippen molar-refractivity contribution in [1.29, 1.82) is 0 Å². The van der Waals surface area contributed by atoms with Gasteiger partial charge < -0.3 is 21.0 Å². The van der Waals surface area contributed by atoms with Crippen molar-refractivity contribution in [3.63, 3.8) is 0 Å². The van der Waals surface area contributed by atoms with Gasteiger partial charge in [-0.1, -0.05) is 48.6 Å². The highest BCUT2D eigenvalue weighted by atomic mass is 35.5. The molecule has 0 saturated carbocycles. The minimum Gasteiger partial charge on any atom is -0.412 e. The fraction of sp³-hybridized carbons (Fsp3) is 0.400. The van der Waals surface area contributed by atoms with E-state index in [0.717, 1.165) is 45.4 Å². The van der Waals surface area contributed by atoms with Gasteiger partial charge >= 0.3 is 0 Å². The smallest absolute Gasteiger partial charge is 0.238 e. The van der Waals surface area contributed by atoms with Crippen LogP contribution in [0.25, 0.3) is 12.2 Å². The van der Waals surface area contributed by atoms with Crippen molar-refractivity contribution in [3.8, 4) is 0 Å². The topological polar surface area (TPSA) is 84.3 Å². The molecular weight excluding hydrogens is 424 g/mol. The van der Waals surface area contributed by atoms with E-state index < -0.39 is 5.54 Å². The number of rotatable bonds is 6. The second-order valence-corrected chi connectivity index (χ2v) is 8.59. The molecule has 2 heterocycles. The number of primary amides is 1. The third-order valence-corrected chi connectivity index (χ3v) is 6.75. The Bertz CT molecular complexity index is 890. The Morgan fingerprint density at radius 3 is 1.91 bits per heavy atom. The zero-order valence-electron chi connectivity index (χ0n) is 19.0. The molecule has 4 rings (SSSR count). The normalized spacial score (nSPS) is 16.9. The van der Waals surface area contributed by atoms with Crippen LogP contribution in [-0.2, 0) is 4.79 Å². The summed E-state index contributed by atoms with van der Waals surface area (Å²) in [6.07, 6.45) is 7.09. The number of piperidine rings is 1. The summed E-state index contributed by atoms with van der Waals surface area (Å²) in [5.41, 5.74) is 10.3. The highest BCUT2D eigenvalue weighted by Gasteiger charge is 2.41. The molecule has 0 aliphatic carbocycles. The Morgan fingerprint density at radius 2 is 1.44 bits per heavy atom. The summed E-state index contributed by atoms with van der Waals surface area (Å²) in [5, 5.41) is 0. The number of carbonyl (C=O) groups excluding carboxylic acids is 1. The van der Waals surface area contributed by atoms with Gasteiger partial charge in [0.2, 0.25) is 5.91 Å². The summed E-state index contributed by atoms with van der Waals surface area (Å²) >= 11 is 0. The molecule has 2 aliphatic rings. The molecule has 0 radical (unpaired) electrons. The van der Waals surface area contributed by atoms with Crippen molar-refractivity contribution < 1.29 is 10.3 Å². The van der Waals surface area contributed by atoms with Gasteiger partial charge in [-0.2, -0.15) is 0 Å². The molecule has 0 atom stereocenters. The van der Waals surface area contributed by atoms with Crippen molar-refractivity contribution >= 4 is 41.8 Å². The highest BCUT2D eigenvalue weighted by molar-refractivity contribution is 5.88. The van der Waals surface area contributed by atoms with Crippen LogP contribution in [0.5, 0.6) is 0 Å². The van der Waals surface area contributed by atoms with Crippen LogP contribution in [0.15, 0.2) is 48.5 Å². The third kappa shape index (κ3) is 4.99. The van der Waals surface area contributed by atoms with Gasteiger partial charge in [-0.15, -0.1) is 12.4 Å². The zero-order chi connectivity index (χ0) is 21.1. The zero-order valence-corrected chi connectivity index (χ0v) is 19.8. The molecule has 6 nitrogen and oxygen atoms in total. The van der Waals surface area contributed by atoms with Gasteiger partial charge in [-0.25, -0.2) is 0 Å². The predicted molar refractivity (Wildman–Crippen MR) is 136 cm³/mol. The number of anilines is 2. The number of likely N-dealkylation sites (N-methyl/N-ethyl adjacent to an activating group) is 1. The first-order valence-electron chi connectivity index (χ1n) is 10.8. The molecule has 2 aromatic rings. The second kappa shape index (κ2) is 11.0. The highest BCUT2D eigenvalue weighted by Crippen LogP contribution is 2.36. The van der Waals surface area contributed by atoms with Crippen LogP contribution in [-0.4, -0.2) is 67.0 Å². The summed E-state index contributed by atoms with van der Waals surface area (Å²) in [4.78, 5) is 19.0. The van der Waals surface area contributed by atoms with Crippen LogP contribution in [0.1, 0.15) is 30.4 Å². The van der Waals surface area contributed by atoms with Crippen molar-refractivity contribution in [2.75, 3.05) is 45.2 Å². The van der Waals surface area contributed by atoms with Crippen molar-refractivity contribution in [2.45, 2.75) is 24.8 Å². The lowest BCUT2D eigenvalue weighted by Gasteiger charge is -2.43. The first kappa shape index (κ1) is 25.9. The average Bonchev–Trinajstić information content (AvgIpc) is 2.91. The summed E-state index contributed by atoms with van der Waals surface area (Å²) < 4.78 is 0. The second-order valence-electron chi connectivity index (χ2n) is 8.59. The van der Waals surface area contributed by atoms with Crippen LogP contribution in [0.4, 0.5) is 11.4 Å². The number of fused-ring (bicyclic) bond motifs is 2. The molecule has 4 N–H and O–H groups in total. The molecule has 2 aromatic carbocycles. The summed E-state index contributed by atoms with van der Waals surface area (Å²) in [6, 6.07) is 17.2. The molecule has 174 valence electrons. The van der Waals surface area contributed by atoms with Gasteiger partial charge in [0.15, 0.2) is 0 Å². The molecule has 0 unspecified atom stereocenters. The summed E-state index contributed by atoms with van der Waals surface area (Å²) in [7, 11) is 3.92. The maximum absolute atomic E-state index is 12.1. The van der Waals surface area contributed by atoms with Crippen molar-refractivity contribution in [1.82, 2.24) is 9.80 Å². The third-order valence-electron chi connectivity index (χ3n) is 6.75. The number of amides is 1. The number of para-hydroxylation sites is 2. The van der Waals surface area contributed by atoms with E-state index in [1.54, 1.807) is 0 Å². The predicted octanol–water partition coefficient (Wildman–Crippen LogP) is 3.18. The monoisotopic (exact) mass is 458 g/mol. The molecule has 1 saturated heterocycles. The van der Waals surface area contributed by atoms with E-state index in [9.17, 15) is 4.79 Å². The maximum Gasteiger partial charge on any atom is 0.238 e. The van der Waals surface area contributed by atoms with Crippen LogP contribution in [0.2, 0.25) is 0 Å². The Balaban J connectivity index is 0.00000181. The maximum atomic E-state index is 12.1. The van der Waals surface area contributed by atoms with Crippen molar-refractivity contribution in [2.24, 2.45) is 5.73 Å². The summed E-state index contributed by atoms with van der Waals surface area (Å²) in [5.74, 6) is -0.197. The van der Waals surface area contributed by atoms with E-state index in [4.69, 9.17) is 5.73 Å². The lowest BCUT2D eigenvalue weighted by molar-refractivity contribution is -0.131. The van der Waals surface area contributed by atoms with E-state index in [1.807, 2.05) is 19.0 Å².